The van der Waals surface area contributed by atoms with Gasteiger partial charge in [-0.2, -0.15) is 8.78 Å². The number of unbranched alkanes of at least 4 members (excludes halogenated alkanes) is 1. The van der Waals surface area contributed by atoms with E-state index in [0.717, 1.165) is 36.9 Å². The third-order valence-corrected chi connectivity index (χ3v) is 6.15. The Morgan fingerprint density at radius 3 is 2.65 bits per heavy atom. The Morgan fingerprint density at radius 1 is 1.26 bits per heavy atom. The molecule has 0 bridgehead atoms. The fourth-order valence-corrected chi connectivity index (χ4v) is 4.16. The highest BCUT2D eigenvalue weighted by atomic mass is 19.3. The molecule has 5 nitrogen and oxygen atoms in total. The van der Waals surface area contributed by atoms with Gasteiger partial charge < -0.3 is 9.47 Å². The summed E-state index contributed by atoms with van der Waals surface area (Å²) in [5.74, 6) is 0.829. The number of pyridine rings is 1. The van der Waals surface area contributed by atoms with E-state index in [1.165, 1.54) is 7.11 Å². The normalized spacial score (nSPS) is 14.8. The van der Waals surface area contributed by atoms with Gasteiger partial charge in [0.15, 0.2) is 0 Å². The molecule has 0 saturated heterocycles. The third kappa shape index (κ3) is 3.89. The summed E-state index contributed by atoms with van der Waals surface area (Å²) in [5.41, 5.74) is 3.22. The fourth-order valence-electron chi connectivity index (χ4n) is 4.16. The predicted octanol–water partition coefficient (Wildman–Crippen LogP) is 5.71. The number of rotatable bonds is 9. The number of methoxy groups -OCH3 is 1. The van der Waals surface area contributed by atoms with Crippen LogP contribution in [0.1, 0.15) is 50.2 Å². The summed E-state index contributed by atoms with van der Waals surface area (Å²) in [6.07, 6.45) is 7.85. The number of aromatic nitrogens is 2. The minimum absolute atomic E-state index is 0.0642. The first-order chi connectivity index (χ1) is 14.9. The molecule has 0 spiro atoms. The second kappa shape index (κ2) is 8.29. The van der Waals surface area contributed by atoms with Gasteiger partial charge in [-0.3, -0.25) is 9.20 Å². The van der Waals surface area contributed by atoms with E-state index in [9.17, 15) is 13.6 Å². The number of alkyl halides is 2. The molecule has 1 aliphatic carbocycles. The first-order valence-corrected chi connectivity index (χ1v) is 10.5. The van der Waals surface area contributed by atoms with Gasteiger partial charge in [0.1, 0.15) is 22.9 Å². The Labute approximate surface area is 180 Å². The van der Waals surface area contributed by atoms with Crippen molar-refractivity contribution < 1.29 is 23.0 Å². The molecule has 1 aromatic carbocycles. The number of ketones is 1. The average molecular weight is 428 g/mol. The van der Waals surface area contributed by atoms with E-state index in [0.29, 0.717) is 34.7 Å². The smallest absolute Gasteiger partial charge is 0.387 e. The van der Waals surface area contributed by atoms with Gasteiger partial charge in [0.05, 0.1) is 24.4 Å². The van der Waals surface area contributed by atoms with Gasteiger partial charge in [0, 0.05) is 23.7 Å². The largest absolute Gasteiger partial charge is 0.496 e. The van der Waals surface area contributed by atoms with Crippen LogP contribution in [0.25, 0.3) is 16.9 Å². The van der Waals surface area contributed by atoms with E-state index >= 15 is 0 Å². The maximum atomic E-state index is 12.9. The van der Waals surface area contributed by atoms with Gasteiger partial charge in [0.25, 0.3) is 0 Å². The molecule has 1 aliphatic rings. The van der Waals surface area contributed by atoms with Gasteiger partial charge in [-0.1, -0.05) is 13.3 Å². The van der Waals surface area contributed by atoms with Crippen LogP contribution in [-0.4, -0.2) is 28.9 Å². The predicted molar refractivity (Wildman–Crippen MR) is 114 cm³/mol. The molecule has 0 atom stereocenters. The summed E-state index contributed by atoms with van der Waals surface area (Å²) in [4.78, 5) is 17.3. The second-order valence-electron chi connectivity index (χ2n) is 8.08. The maximum absolute atomic E-state index is 12.9. The SMILES string of the molecule is CCCCC(=O)C1(c2ccn3c(-c4cc(OC)c(C)c(OC(F)F)c4)cnc3c2)CC1. The summed E-state index contributed by atoms with van der Waals surface area (Å²) in [5, 5.41) is 0. The van der Waals surface area contributed by atoms with Crippen LogP contribution in [0.15, 0.2) is 36.7 Å². The van der Waals surface area contributed by atoms with Gasteiger partial charge in [-0.05, 0) is 56.0 Å². The molecule has 1 fully saturated rings. The van der Waals surface area contributed by atoms with Crippen LogP contribution in [0.4, 0.5) is 8.78 Å². The summed E-state index contributed by atoms with van der Waals surface area (Å²) in [6.45, 7) is 0.831. The number of carbonyl (C=O) groups is 1. The number of benzene rings is 1. The van der Waals surface area contributed by atoms with E-state index in [2.05, 4.69) is 16.6 Å². The molecular weight excluding hydrogens is 402 g/mol. The summed E-state index contributed by atoms with van der Waals surface area (Å²) in [6, 6.07) is 7.28. The monoisotopic (exact) mass is 428 g/mol. The summed E-state index contributed by atoms with van der Waals surface area (Å²) < 4.78 is 37.6. The molecule has 0 amide bonds. The minimum Gasteiger partial charge on any atom is -0.496 e. The van der Waals surface area contributed by atoms with Crippen molar-refractivity contribution >= 4 is 11.4 Å². The molecule has 164 valence electrons. The zero-order valence-electron chi connectivity index (χ0n) is 18.0. The number of imidazole rings is 1. The molecular formula is C24H26F2N2O3. The van der Waals surface area contributed by atoms with Crippen LogP contribution >= 0.6 is 0 Å². The first kappa shape index (κ1) is 21.3. The molecule has 0 unspecified atom stereocenters. The molecule has 2 heterocycles. The van der Waals surface area contributed by atoms with Crippen LogP contribution in [0.5, 0.6) is 11.5 Å². The number of hydrogen-bond donors (Lipinski definition) is 0. The molecule has 2 aromatic heterocycles. The molecule has 1 saturated carbocycles. The zero-order chi connectivity index (χ0) is 22.2. The van der Waals surface area contributed by atoms with Crippen LogP contribution in [0, 0.1) is 6.92 Å². The highest BCUT2D eigenvalue weighted by Gasteiger charge is 2.50. The number of halogens is 2. The lowest BCUT2D eigenvalue weighted by atomic mass is 9.89. The number of Topliss-reactive ketones (excluding diaryl/α,β-unsaturated/α-hetero) is 1. The van der Waals surface area contributed by atoms with E-state index in [1.54, 1.807) is 25.3 Å². The fraction of sp³-hybridized carbons (Fsp3) is 0.417. The number of hydrogen-bond acceptors (Lipinski definition) is 4. The van der Waals surface area contributed by atoms with E-state index in [-0.39, 0.29) is 11.2 Å². The quantitative estimate of drug-likeness (QED) is 0.438. The van der Waals surface area contributed by atoms with Gasteiger partial charge in [-0.15, -0.1) is 0 Å². The average Bonchev–Trinajstić information content (AvgIpc) is 3.46. The Bertz CT molecular complexity index is 1120. The van der Waals surface area contributed by atoms with Crippen molar-refractivity contribution in [1.82, 2.24) is 9.38 Å². The van der Waals surface area contributed by atoms with Crippen molar-refractivity contribution in [2.24, 2.45) is 0 Å². The zero-order valence-corrected chi connectivity index (χ0v) is 18.0. The Balaban J connectivity index is 1.72. The van der Waals surface area contributed by atoms with Crippen LogP contribution in [0.2, 0.25) is 0 Å². The Morgan fingerprint density at radius 2 is 2.00 bits per heavy atom. The standard InChI is InChI=1S/C24H26F2N2O3/c1-4-5-6-21(29)24(8-9-24)17-7-10-28-18(14-27-22(28)13-17)16-11-19(30-3)15(2)20(12-16)31-23(25)26/h7,10-14,23H,4-6,8-9H2,1-3H3. The van der Waals surface area contributed by atoms with Crippen molar-refractivity contribution in [3.8, 4) is 22.8 Å². The first-order valence-electron chi connectivity index (χ1n) is 10.5. The number of carbonyl (C=O) groups excluding carboxylic acids is 1. The van der Waals surface area contributed by atoms with E-state index < -0.39 is 6.61 Å². The Kier molecular flexibility index (Phi) is 5.69. The molecule has 4 rings (SSSR count). The summed E-state index contributed by atoms with van der Waals surface area (Å²) in [7, 11) is 1.49. The lowest BCUT2D eigenvalue weighted by molar-refractivity contribution is -0.121. The number of ether oxygens (including phenoxy) is 2. The molecule has 0 N–H and O–H groups in total. The number of nitrogens with zero attached hydrogens (tertiary/aromatic N) is 2. The van der Waals surface area contributed by atoms with E-state index in [1.807, 2.05) is 22.7 Å². The highest BCUT2D eigenvalue weighted by Crippen LogP contribution is 2.50. The van der Waals surface area contributed by atoms with Gasteiger partial charge in [0.2, 0.25) is 0 Å². The van der Waals surface area contributed by atoms with Crippen molar-refractivity contribution in [2.75, 3.05) is 7.11 Å². The van der Waals surface area contributed by atoms with Crippen LogP contribution in [-0.2, 0) is 10.2 Å². The van der Waals surface area contributed by atoms with Gasteiger partial charge >= 0.3 is 6.61 Å². The number of fused-ring (bicyclic) bond motifs is 1. The molecule has 31 heavy (non-hydrogen) atoms. The maximum Gasteiger partial charge on any atom is 0.387 e. The molecule has 0 radical (unpaired) electrons. The van der Waals surface area contributed by atoms with Crippen molar-refractivity contribution in [3.05, 3.63) is 47.8 Å². The van der Waals surface area contributed by atoms with Crippen molar-refractivity contribution in [2.45, 2.75) is 58.0 Å². The van der Waals surface area contributed by atoms with E-state index in [4.69, 9.17) is 4.74 Å². The third-order valence-electron chi connectivity index (χ3n) is 6.15. The summed E-state index contributed by atoms with van der Waals surface area (Å²) >= 11 is 0. The van der Waals surface area contributed by atoms with Crippen molar-refractivity contribution in [3.63, 3.8) is 0 Å². The minimum atomic E-state index is -2.93. The lowest BCUT2D eigenvalue weighted by Crippen LogP contribution is -2.20. The highest BCUT2D eigenvalue weighted by molar-refractivity contribution is 5.93. The molecule has 0 aliphatic heterocycles. The topological polar surface area (TPSA) is 52.8 Å². The molecule has 7 heteroatoms. The van der Waals surface area contributed by atoms with Crippen LogP contribution < -0.4 is 9.47 Å². The second-order valence-corrected chi connectivity index (χ2v) is 8.08. The lowest BCUT2D eigenvalue weighted by Gasteiger charge is -2.16. The van der Waals surface area contributed by atoms with Gasteiger partial charge in [-0.25, -0.2) is 4.98 Å². The molecule has 3 aromatic rings. The van der Waals surface area contributed by atoms with Crippen molar-refractivity contribution in [1.29, 1.82) is 0 Å². The Hall–Kier alpha value is -2.96. The van der Waals surface area contributed by atoms with Crippen LogP contribution in [0.3, 0.4) is 0 Å².